The molecule has 104 valence electrons. The average molecular weight is 260 g/mol. The van der Waals surface area contributed by atoms with Crippen molar-refractivity contribution in [2.75, 3.05) is 5.32 Å². The van der Waals surface area contributed by atoms with E-state index in [1.54, 1.807) is 0 Å². The predicted octanol–water partition coefficient (Wildman–Crippen LogP) is 3.18. The number of hydrogen-bond acceptors (Lipinski definition) is 2. The van der Waals surface area contributed by atoms with Crippen LogP contribution in [0.25, 0.3) is 0 Å². The Morgan fingerprint density at radius 3 is 2.58 bits per heavy atom. The Bertz CT molecular complexity index is 404. The molecule has 0 saturated heterocycles. The van der Waals surface area contributed by atoms with Gasteiger partial charge in [-0.15, -0.1) is 0 Å². The standard InChI is InChI=1S/C16H24N2O/c1-12-8-6-7-11-15(12)17-13(2)16(19)18-14-9-4-3-5-10-14/h3-5,9-10,12-13,15,17H,6-8,11H2,1-2H3,(H,18,19)/t12-,13-,15-/m0/s1. The first-order valence-electron chi connectivity index (χ1n) is 7.29. The van der Waals surface area contributed by atoms with E-state index in [2.05, 4.69) is 17.6 Å². The first kappa shape index (κ1) is 14.1. The van der Waals surface area contributed by atoms with Gasteiger partial charge in [-0.1, -0.05) is 38.0 Å². The van der Waals surface area contributed by atoms with Crippen LogP contribution in [-0.4, -0.2) is 18.0 Å². The minimum Gasteiger partial charge on any atom is -0.325 e. The van der Waals surface area contributed by atoms with Crippen molar-refractivity contribution in [2.45, 2.75) is 51.6 Å². The zero-order chi connectivity index (χ0) is 13.7. The highest BCUT2D eigenvalue weighted by Crippen LogP contribution is 2.24. The van der Waals surface area contributed by atoms with Crippen molar-refractivity contribution >= 4 is 11.6 Å². The summed E-state index contributed by atoms with van der Waals surface area (Å²) in [5.41, 5.74) is 0.859. The summed E-state index contributed by atoms with van der Waals surface area (Å²) >= 11 is 0. The fraction of sp³-hybridized carbons (Fsp3) is 0.562. The van der Waals surface area contributed by atoms with E-state index in [-0.39, 0.29) is 11.9 Å². The Morgan fingerprint density at radius 1 is 1.21 bits per heavy atom. The van der Waals surface area contributed by atoms with Crippen molar-refractivity contribution in [3.63, 3.8) is 0 Å². The van der Waals surface area contributed by atoms with Gasteiger partial charge in [-0.2, -0.15) is 0 Å². The third-order valence-corrected chi connectivity index (χ3v) is 4.01. The van der Waals surface area contributed by atoms with Crippen LogP contribution in [0.1, 0.15) is 39.5 Å². The molecule has 0 heterocycles. The first-order chi connectivity index (χ1) is 9.16. The second kappa shape index (κ2) is 6.71. The van der Waals surface area contributed by atoms with E-state index in [0.29, 0.717) is 12.0 Å². The Labute approximate surface area is 115 Å². The number of carbonyl (C=O) groups excluding carboxylic acids is 1. The number of rotatable bonds is 4. The number of anilines is 1. The molecule has 0 spiro atoms. The summed E-state index contributed by atoms with van der Waals surface area (Å²) in [7, 11) is 0. The molecule has 3 atom stereocenters. The zero-order valence-corrected chi connectivity index (χ0v) is 11.9. The molecule has 3 heteroatoms. The molecule has 1 amide bonds. The van der Waals surface area contributed by atoms with Gasteiger partial charge >= 0.3 is 0 Å². The normalized spacial score (nSPS) is 24.7. The van der Waals surface area contributed by atoms with E-state index in [4.69, 9.17) is 0 Å². The lowest BCUT2D eigenvalue weighted by Gasteiger charge is -2.31. The average Bonchev–Trinajstić information content (AvgIpc) is 2.42. The van der Waals surface area contributed by atoms with Crippen molar-refractivity contribution in [1.82, 2.24) is 5.32 Å². The van der Waals surface area contributed by atoms with Crippen LogP contribution >= 0.6 is 0 Å². The van der Waals surface area contributed by atoms with Gasteiger partial charge in [0.25, 0.3) is 0 Å². The Kier molecular flexibility index (Phi) is 4.97. The van der Waals surface area contributed by atoms with E-state index in [0.717, 1.165) is 5.69 Å². The number of amides is 1. The van der Waals surface area contributed by atoms with Crippen molar-refractivity contribution in [3.8, 4) is 0 Å². The molecule has 0 aliphatic heterocycles. The molecule has 1 aliphatic rings. The van der Waals surface area contributed by atoms with E-state index >= 15 is 0 Å². The maximum atomic E-state index is 12.1. The summed E-state index contributed by atoms with van der Waals surface area (Å²) in [6.45, 7) is 4.22. The molecule has 2 N–H and O–H groups in total. The Balaban J connectivity index is 1.85. The molecule has 19 heavy (non-hydrogen) atoms. The third-order valence-electron chi connectivity index (χ3n) is 4.01. The molecule has 2 rings (SSSR count). The second-order valence-corrected chi connectivity index (χ2v) is 5.61. The van der Waals surface area contributed by atoms with Gasteiger partial charge in [-0.3, -0.25) is 4.79 Å². The van der Waals surface area contributed by atoms with Crippen LogP contribution in [0.5, 0.6) is 0 Å². The Hall–Kier alpha value is -1.35. The number of carbonyl (C=O) groups is 1. The minimum atomic E-state index is -0.147. The van der Waals surface area contributed by atoms with Crippen molar-refractivity contribution in [1.29, 1.82) is 0 Å². The van der Waals surface area contributed by atoms with Gasteiger partial charge in [-0.05, 0) is 37.8 Å². The van der Waals surface area contributed by atoms with Gasteiger partial charge in [0.15, 0.2) is 0 Å². The highest BCUT2D eigenvalue weighted by Gasteiger charge is 2.24. The van der Waals surface area contributed by atoms with Crippen LogP contribution < -0.4 is 10.6 Å². The summed E-state index contributed by atoms with van der Waals surface area (Å²) in [6.07, 6.45) is 5.05. The van der Waals surface area contributed by atoms with Crippen molar-refractivity contribution in [3.05, 3.63) is 30.3 Å². The lowest BCUT2D eigenvalue weighted by atomic mass is 9.85. The summed E-state index contributed by atoms with van der Waals surface area (Å²) in [5, 5.41) is 6.42. The molecule has 3 nitrogen and oxygen atoms in total. The molecule has 0 radical (unpaired) electrons. The monoisotopic (exact) mass is 260 g/mol. The summed E-state index contributed by atoms with van der Waals surface area (Å²) < 4.78 is 0. The van der Waals surface area contributed by atoms with Crippen LogP contribution in [-0.2, 0) is 4.79 Å². The molecule has 1 fully saturated rings. The van der Waals surface area contributed by atoms with Crippen LogP contribution in [0.2, 0.25) is 0 Å². The molecular weight excluding hydrogens is 236 g/mol. The highest BCUT2D eigenvalue weighted by atomic mass is 16.2. The molecule has 1 saturated carbocycles. The molecule has 0 bridgehead atoms. The van der Waals surface area contributed by atoms with E-state index in [9.17, 15) is 4.79 Å². The number of para-hydroxylation sites is 1. The topological polar surface area (TPSA) is 41.1 Å². The fourth-order valence-electron chi connectivity index (χ4n) is 2.73. The molecule has 1 aromatic carbocycles. The van der Waals surface area contributed by atoms with Crippen LogP contribution in [0.3, 0.4) is 0 Å². The van der Waals surface area contributed by atoms with Gasteiger partial charge in [0.1, 0.15) is 0 Å². The highest BCUT2D eigenvalue weighted by molar-refractivity contribution is 5.94. The smallest absolute Gasteiger partial charge is 0.241 e. The van der Waals surface area contributed by atoms with Gasteiger partial charge in [0.2, 0.25) is 5.91 Å². The number of hydrogen-bond donors (Lipinski definition) is 2. The van der Waals surface area contributed by atoms with Crippen molar-refractivity contribution < 1.29 is 4.79 Å². The van der Waals surface area contributed by atoms with Crippen molar-refractivity contribution in [2.24, 2.45) is 5.92 Å². The molecule has 0 aromatic heterocycles. The van der Waals surface area contributed by atoms with E-state index in [1.165, 1.54) is 25.7 Å². The number of nitrogens with one attached hydrogen (secondary N) is 2. The Morgan fingerprint density at radius 2 is 1.89 bits per heavy atom. The summed E-state index contributed by atoms with van der Waals surface area (Å²) in [6, 6.07) is 9.95. The van der Waals surface area contributed by atoms with Gasteiger partial charge in [-0.25, -0.2) is 0 Å². The van der Waals surface area contributed by atoms with Gasteiger partial charge in [0.05, 0.1) is 6.04 Å². The van der Waals surface area contributed by atoms with Gasteiger partial charge < -0.3 is 10.6 Å². The van der Waals surface area contributed by atoms with Crippen LogP contribution in [0.4, 0.5) is 5.69 Å². The molecule has 0 unspecified atom stereocenters. The fourth-order valence-corrected chi connectivity index (χ4v) is 2.73. The number of benzene rings is 1. The largest absolute Gasteiger partial charge is 0.325 e. The maximum Gasteiger partial charge on any atom is 0.241 e. The van der Waals surface area contributed by atoms with Crippen LogP contribution in [0.15, 0.2) is 30.3 Å². The lowest BCUT2D eigenvalue weighted by molar-refractivity contribution is -0.118. The SMILES string of the molecule is C[C@H](N[C@H]1CCCC[C@@H]1C)C(=O)Nc1ccccc1. The third kappa shape index (κ3) is 4.06. The zero-order valence-electron chi connectivity index (χ0n) is 11.9. The van der Waals surface area contributed by atoms with Gasteiger partial charge in [0, 0.05) is 11.7 Å². The first-order valence-corrected chi connectivity index (χ1v) is 7.29. The quantitative estimate of drug-likeness (QED) is 0.873. The van der Waals surface area contributed by atoms with Crippen LogP contribution in [0, 0.1) is 5.92 Å². The summed E-state index contributed by atoms with van der Waals surface area (Å²) in [5.74, 6) is 0.713. The predicted molar refractivity (Wildman–Crippen MR) is 79.1 cm³/mol. The second-order valence-electron chi connectivity index (χ2n) is 5.61. The molecular formula is C16H24N2O. The molecule has 1 aliphatic carbocycles. The lowest BCUT2D eigenvalue weighted by Crippen LogP contribution is -2.47. The summed E-state index contributed by atoms with van der Waals surface area (Å²) in [4.78, 5) is 12.1. The van der Waals surface area contributed by atoms with E-state index < -0.39 is 0 Å². The molecule has 1 aromatic rings. The minimum absolute atomic E-state index is 0.0453. The van der Waals surface area contributed by atoms with E-state index in [1.807, 2.05) is 37.3 Å². The maximum absolute atomic E-state index is 12.1.